The van der Waals surface area contributed by atoms with Gasteiger partial charge in [-0.3, -0.25) is 0 Å². The van der Waals surface area contributed by atoms with E-state index in [-0.39, 0.29) is 0 Å². The molecule has 0 atom stereocenters. The van der Waals surface area contributed by atoms with Gasteiger partial charge in [0.2, 0.25) is 0 Å². The topological polar surface area (TPSA) is 78.4 Å². The Morgan fingerprint density at radius 1 is 1.25 bits per heavy atom. The monoisotopic (exact) mass is 296 g/mol. The number of nitrogens with one attached hydrogen (secondary N) is 2. The molecule has 1 aliphatic carbocycles. The zero-order chi connectivity index (χ0) is 14.4. The van der Waals surface area contributed by atoms with Crippen molar-refractivity contribution in [1.82, 2.24) is 10.6 Å². The summed E-state index contributed by atoms with van der Waals surface area (Å²) in [4.78, 5) is 23.5. The highest BCUT2D eigenvalue weighted by atomic mass is 32.1. The highest BCUT2D eigenvalue weighted by Gasteiger charge is 2.39. The van der Waals surface area contributed by atoms with Crippen molar-refractivity contribution < 1.29 is 14.7 Å². The molecule has 0 bridgehead atoms. The lowest BCUT2D eigenvalue weighted by Gasteiger charge is -2.29. The highest BCUT2D eigenvalue weighted by molar-refractivity contribution is 7.07. The molecule has 1 aliphatic rings. The molecule has 1 aromatic heterocycles. The van der Waals surface area contributed by atoms with Crippen molar-refractivity contribution in [3.63, 3.8) is 0 Å². The summed E-state index contributed by atoms with van der Waals surface area (Å²) in [5.41, 5.74) is -0.0784. The Morgan fingerprint density at radius 3 is 2.50 bits per heavy atom. The molecule has 2 rings (SSSR count). The molecular formula is C14H20N2O3S. The second kappa shape index (κ2) is 6.74. The summed E-state index contributed by atoms with van der Waals surface area (Å²) < 4.78 is 0. The summed E-state index contributed by atoms with van der Waals surface area (Å²) in [5.74, 6) is -0.926. The number of hydrogen-bond acceptors (Lipinski definition) is 3. The lowest BCUT2D eigenvalue weighted by atomic mass is 9.90. The smallest absolute Gasteiger partial charge is 0.329 e. The van der Waals surface area contributed by atoms with Crippen molar-refractivity contribution in [2.24, 2.45) is 0 Å². The van der Waals surface area contributed by atoms with Crippen LogP contribution in [0.1, 0.15) is 44.1 Å². The second-order valence-corrected chi connectivity index (χ2v) is 6.02. The fraction of sp³-hybridized carbons (Fsp3) is 0.571. The van der Waals surface area contributed by atoms with Crippen LogP contribution in [0.5, 0.6) is 0 Å². The van der Waals surface area contributed by atoms with Crippen molar-refractivity contribution in [1.29, 1.82) is 0 Å². The van der Waals surface area contributed by atoms with E-state index in [1.165, 1.54) is 0 Å². The maximum atomic E-state index is 11.9. The van der Waals surface area contributed by atoms with Crippen molar-refractivity contribution >= 4 is 23.3 Å². The Kier molecular flexibility index (Phi) is 5.00. The Labute approximate surface area is 122 Å². The predicted octanol–water partition coefficient (Wildman–Crippen LogP) is 2.72. The van der Waals surface area contributed by atoms with Crippen LogP contribution < -0.4 is 10.6 Å². The minimum atomic E-state index is -1.10. The van der Waals surface area contributed by atoms with Gasteiger partial charge >= 0.3 is 12.0 Å². The largest absolute Gasteiger partial charge is 0.480 e. The highest BCUT2D eigenvalue weighted by Crippen LogP contribution is 2.27. The van der Waals surface area contributed by atoms with Crippen LogP contribution in [0.25, 0.3) is 0 Å². The van der Waals surface area contributed by atoms with E-state index in [0.717, 1.165) is 31.2 Å². The van der Waals surface area contributed by atoms with Gasteiger partial charge in [-0.2, -0.15) is 11.3 Å². The van der Waals surface area contributed by atoms with E-state index in [4.69, 9.17) is 0 Å². The van der Waals surface area contributed by atoms with Crippen molar-refractivity contribution in [3.8, 4) is 0 Å². The molecule has 6 heteroatoms. The molecule has 0 unspecified atom stereocenters. The lowest BCUT2D eigenvalue weighted by Crippen LogP contribution is -2.56. The third-order valence-electron chi connectivity index (χ3n) is 3.75. The Hall–Kier alpha value is -1.56. The fourth-order valence-electron chi connectivity index (χ4n) is 2.56. The van der Waals surface area contributed by atoms with Crippen molar-refractivity contribution in [2.75, 3.05) is 0 Å². The first-order chi connectivity index (χ1) is 9.62. The standard InChI is InChI=1S/C14H20N2O3S/c17-12(18)14(6-3-1-2-4-7-14)16-13(19)15-9-11-5-8-20-10-11/h5,8,10H,1-4,6-7,9H2,(H,17,18)(H2,15,16,19). The molecule has 5 nitrogen and oxygen atoms in total. The van der Waals surface area contributed by atoms with E-state index in [9.17, 15) is 14.7 Å². The second-order valence-electron chi connectivity index (χ2n) is 5.24. The van der Waals surface area contributed by atoms with E-state index in [1.807, 2.05) is 16.8 Å². The zero-order valence-corrected chi connectivity index (χ0v) is 12.2. The van der Waals surface area contributed by atoms with E-state index in [1.54, 1.807) is 11.3 Å². The molecule has 1 fully saturated rings. The number of aliphatic carboxylic acids is 1. The third kappa shape index (κ3) is 3.72. The first kappa shape index (κ1) is 14.8. The fourth-order valence-corrected chi connectivity index (χ4v) is 3.23. The van der Waals surface area contributed by atoms with Gasteiger partial charge in [-0.15, -0.1) is 0 Å². The number of thiophene rings is 1. The number of carbonyl (C=O) groups is 2. The van der Waals surface area contributed by atoms with Gasteiger partial charge in [0, 0.05) is 6.54 Å². The molecule has 2 amide bonds. The molecule has 0 spiro atoms. The molecule has 1 heterocycles. The van der Waals surface area contributed by atoms with Gasteiger partial charge < -0.3 is 15.7 Å². The van der Waals surface area contributed by atoms with Crippen LogP contribution >= 0.6 is 11.3 Å². The molecule has 0 aromatic carbocycles. The number of amides is 2. The number of carbonyl (C=O) groups excluding carboxylic acids is 1. The first-order valence-electron chi connectivity index (χ1n) is 6.93. The lowest BCUT2D eigenvalue weighted by molar-refractivity contribution is -0.145. The van der Waals surface area contributed by atoms with Crippen LogP contribution in [-0.4, -0.2) is 22.6 Å². The Bertz CT molecular complexity index is 451. The van der Waals surface area contributed by atoms with Gasteiger partial charge in [-0.05, 0) is 35.2 Å². The van der Waals surface area contributed by atoms with E-state index >= 15 is 0 Å². The van der Waals surface area contributed by atoms with Gasteiger partial charge in [-0.1, -0.05) is 25.7 Å². The summed E-state index contributed by atoms with van der Waals surface area (Å²) >= 11 is 1.57. The van der Waals surface area contributed by atoms with Crippen LogP contribution in [0.3, 0.4) is 0 Å². The average molecular weight is 296 g/mol. The number of carboxylic acid groups (broad SMARTS) is 1. The first-order valence-corrected chi connectivity index (χ1v) is 7.87. The number of rotatable bonds is 4. The Morgan fingerprint density at radius 2 is 1.95 bits per heavy atom. The van der Waals surface area contributed by atoms with Gasteiger partial charge in [0.15, 0.2) is 0 Å². The van der Waals surface area contributed by atoms with Gasteiger partial charge in [-0.25, -0.2) is 9.59 Å². The SMILES string of the molecule is O=C(NCc1ccsc1)NC1(C(=O)O)CCCCCC1. The van der Waals surface area contributed by atoms with Crippen LogP contribution in [-0.2, 0) is 11.3 Å². The Balaban J connectivity index is 1.93. The van der Waals surface area contributed by atoms with Gasteiger partial charge in [0.1, 0.15) is 5.54 Å². The summed E-state index contributed by atoms with van der Waals surface area (Å²) in [5, 5.41) is 18.8. The van der Waals surface area contributed by atoms with Crippen LogP contribution in [0.2, 0.25) is 0 Å². The summed E-state index contributed by atoms with van der Waals surface area (Å²) in [6, 6.07) is 1.53. The molecular weight excluding hydrogens is 276 g/mol. The van der Waals surface area contributed by atoms with Crippen molar-refractivity contribution in [2.45, 2.75) is 50.6 Å². The number of hydrogen-bond donors (Lipinski definition) is 3. The average Bonchev–Trinajstić information content (AvgIpc) is 2.82. The van der Waals surface area contributed by atoms with Crippen LogP contribution in [0.4, 0.5) is 4.79 Å². The van der Waals surface area contributed by atoms with Gasteiger partial charge in [0.25, 0.3) is 0 Å². The van der Waals surface area contributed by atoms with E-state index in [2.05, 4.69) is 10.6 Å². The van der Waals surface area contributed by atoms with Crippen LogP contribution in [0, 0.1) is 0 Å². The zero-order valence-electron chi connectivity index (χ0n) is 11.4. The summed E-state index contributed by atoms with van der Waals surface area (Å²) in [6.45, 7) is 0.422. The third-order valence-corrected chi connectivity index (χ3v) is 4.48. The maximum Gasteiger partial charge on any atom is 0.329 e. The quantitative estimate of drug-likeness (QED) is 0.748. The van der Waals surface area contributed by atoms with E-state index < -0.39 is 17.5 Å². The molecule has 3 N–H and O–H groups in total. The molecule has 0 aliphatic heterocycles. The number of urea groups is 1. The molecule has 0 radical (unpaired) electrons. The molecule has 110 valence electrons. The summed E-state index contributed by atoms with van der Waals surface area (Å²) in [7, 11) is 0. The predicted molar refractivity (Wildman–Crippen MR) is 77.8 cm³/mol. The minimum absolute atomic E-state index is 0.402. The minimum Gasteiger partial charge on any atom is -0.480 e. The number of carboxylic acids is 1. The molecule has 1 aromatic rings. The molecule has 20 heavy (non-hydrogen) atoms. The normalized spacial score (nSPS) is 18.0. The maximum absolute atomic E-state index is 11.9. The van der Waals surface area contributed by atoms with Crippen molar-refractivity contribution in [3.05, 3.63) is 22.4 Å². The molecule has 0 saturated heterocycles. The summed E-state index contributed by atoms with van der Waals surface area (Å²) in [6.07, 6.45) is 4.77. The van der Waals surface area contributed by atoms with E-state index in [0.29, 0.717) is 19.4 Å². The van der Waals surface area contributed by atoms with Gasteiger partial charge in [0.05, 0.1) is 0 Å². The molecule has 1 saturated carbocycles. The van der Waals surface area contributed by atoms with Crippen LogP contribution in [0.15, 0.2) is 16.8 Å².